The molecule has 0 aromatic heterocycles. The standard InChI is InChI=1S/C16H20O3/c1-15(2)16(3,4)19-14(18-15)10-9-12-5-7-13(11-17)8-6-12/h5-11,14H,1-4H3/b10-9+. The van der Waals surface area contributed by atoms with Crippen LogP contribution in [0.1, 0.15) is 43.6 Å². The average molecular weight is 260 g/mol. The van der Waals surface area contributed by atoms with Gasteiger partial charge in [0.1, 0.15) is 6.29 Å². The Morgan fingerprint density at radius 2 is 1.42 bits per heavy atom. The molecule has 0 atom stereocenters. The lowest BCUT2D eigenvalue weighted by molar-refractivity contribution is -0.0499. The summed E-state index contributed by atoms with van der Waals surface area (Å²) in [5, 5.41) is 0. The summed E-state index contributed by atoms with van der Waals surface area (Å²) < 4.78 is 11.7. The highest BCUT2D eigenvalue weighted by atomic mass is 16.7. The van der Waals surface area contributed by atoms with E-state index in [9.17, 15) is 4.79 Å². The molecule has 3 heteroatoms. The van der Waals surface area contributed by atoms with Crippen molar-refractivity contribution in [3.05, 3.63) is 41.5 Å². The number of rotatable bonds is 3. The highest BCUT2D eigenvalue weighted by molar-refractivity contribution is 5.75. The van der Waals surface area contributed by atoms with Gasteiger partial charge in [-0.05, 0) is 39.3 Å². The first-order valence-electron chi connectivity index (χ1n) is 6.43. The van der Waals surface area contributed by atoms with Crippen molar-refractivity contribution in [2.45, 2.75) is 45.2 Å². The highest BCUT2D eigenvalue weighted by Gasteiger charge is 2.48. The second-order valence-corrected chi connectivity index (χ2v) is 5.77. The Hall–Kier alpha value is -1.45. The number of hydrogen-bond donors (Lipinski definition) is 0. The Morgan fingerprint density at radius 3 is 1.89 bits per heavy atom. The fourth-order valence-corrected chi connectivity index (χ4v) is 1.84. The lowest BCUT2D eigenvalue weighted by Gasteiger charge is -2.30. The van der Waals surface area contributed by atoms with Crippen LogP contribution in [0.5, 0.6) is 0 Å². The van der Waals surface area contributed by atoms with Crippen molar-refractivity contribution >= 4 is 12.4 Å². The third kappa shape index (κ3) is 2.94. The van der Waals surface area contributed by atoms with E-state index >= 15 is 0 Å². The molecule has 1 fully saturated rings. The zero-order chi connectivity index (χ0) is 14.1. The van der Waals surface area contributed by atoms with Crippen LogP contribution in [0.2, 0.25) is 0 Å². The summed E-state index contributed by atoms with van der Waals surface area (Å²) in [4.78, 5) is 10.6. The SMILES string of the molecule is CC1(C)OC(/C=C/c2ccc(C=O)cc2)OC1(C)C. The van der Waals surface area contributed by atoms with E-state index in [0.29, 0.717) is 5.56 Å². The summed E-state index contributed by atoms with van der Waals surface area (Å²) in [6.45, 7) is 8.11. The van der Waals surface area contributed by atoms with Gasteiger partial charge in [0, 0.05) is 5.56 Å². The molecule has 102 valence electrons. The van der Waals surface area contributed by atoms with E-state index in [1.165, 1.54) is 0 Å². The molecule has 0 spiro atoms. The molecule has 1 aromatic carbocycles. The summed E-state index contributed by atoms with van der Waals surface area (Å²) >= 11 is 0. The smallest absolute Gasteiger partial charge is 0.178 e. The van der Waals surface area contributed by atoms with Crippen LogP contribution in [0.15, 0.2) is 30.3 Å². The summed E-state index contributed by atoms with van der Waals surface area (Å²) in [6.07, 6.45) is 4.33. The molecular formula is C16H20O3. The van der Waals surface area contributed by atoms with Crippen molar-refractivity contribution in [3.8, 4) is 0 Å². The van der Waals surface area contributed by atoms with Gasteiger partial charge in [-0.25, -0.2) is 0 Å². The number of hydrogen-bond acceptors (Lipinski definition) is 3. The van der Waals surface area contributed by atoms with Gasteiger partial charge in [-0.15, -0.1) is 0 Å². The van der Waals surface area contributed by atoms with Crippen molar-refractivity contribution in [2.75, 3.05) is 0 Å². The van der Waals surface area contributed by atoms with Gasteiger partial charge in [0.25, 0.3) is 0 Å². The first kappa shape index (κ1) is 14.0. The molecule has 1 aromatic rings. The van der Waals surface area contributed by atoms with E-state index < -0.39 is 0 Å². The molecule has 2 rings (SSSR count). The Kier molecular flexibility index (Phi) is 3.61. The number of ether oxygens (including phenoxy) is 2. The second kappa shape index (κ2) is 4.91. The largest absolute Gasteiger partial charge is 0.340 e. The van der Waals surface area contributed by atoms with E-state index in [0.717, 1.165) is 11.8 Å². The van der Waals surface area contributed by atoms with Gasteiger partial charge in [0.05, 0.1) is 11.2 Å². The van der Waals surface area contributed by atoms with Crippen LogP contribution >= 0.6 is 0 Å². The first-order chi connectivity index (χ1) is 8.84. The molecular weight excluding hydrogens is 240 g/mol. The predicted molar refractivity (Wildman–Crippen MR) is 75.0 cm³/mol. The first-order valence-corrected chi connectivity index (χ1v) is 6.43. The lowest BCUT2D eigenvalue weighted by atomic mass is 9.90. The number of carbonyl (C=O) groups excluding carboxylic acids is 1. The minimum atomic E-state index is -0.337. The van der Waals surface area contributed by atoms with Crippen molar-refractivity contribution in [1.29, 1.82) is 0 Å². The Bertz CT molecular complexity index is 467. The van der Waals surface area contributed by atoms with Gasteiger partial charge >= 0.3 is 0 Å². The van der Waals surface area contributed by atoms with E-state index in [4.69, 9.17) is 9.47 Å². The van der Waals surface area contributed by atoms with Crippen LogP contribution in [0, 0.1) is 0 Å². The number of aldehydes is 1. The van der Waals surface area contributed by atoms with Gasteiger partial charge in [0.2, 0.25) is 0 Å². The zero-order valence-electron chi connectivity index (χ0n) is 11.8. The van der Waals surface area contributed by atoms with Gasteiger partial charge in [0.15, 0.2) is 6.29 Å². The summed E-state index contributed by atoms with van der Waals surface area (Å²) in [7, 11) is 0. The molecule has 0 unspecified atom stereocenters. The van der Waals surface area contributed by atoms with Crippen molar-refractivity contribution in [1.82, 2.24) is 0 Å². The third-order valence-electron chi connectivity index (χ3n) is 3.79. The Labute approximate surface area is 114 Å². The van der Waals surface area contributed by atoms with Gasteiger partial charge in [-0.3, -0.25) is 4.79 Å². The third-order valence-corrected chi connectivity index (χ3v) is 3.79. The maximum atomic E-state index is 10.6. The fourth-order valence-electron chi connectivity index (χ4n) is 1.84. The van der Waals surface area contributed by atoms with Gasteiger partial charge in [-0.1, -0.05) is 30.3 Å². The molecule has 1 saturated heterocycles. The normalized spacial score (nSPS) is 21.9. The van der Waals surface area contributed by atoms with Gasteiger partial charge in [-0.2, -0.15) is 0 Å². The highest BCUT2D eigenvalue weighted by Crippen LogP contribution is 2.38. The van der Waals surface area contributed by atoms with E-state index in [-0.39, 0.29) is 17.5 Å². The minimum Gasteiger partial charge on any atom is -0.340 e. The quantitative estimate of drug-likeness (QED) is 0.781. The van der Waals surface area contributed by atoms with Gasteiger partial charge < -0.3 is 9.47 Å². The van der Waals surface area contributed by atoms with Crippen LogP contribution in [-0.2, 0) is 9.47 Å². The fraction of sp³-hybridized carbons (Fsp3) is 0.438. The molecule has 1 aliphatic rings. The van der Waals surface area contributed by atoms with Crippen molar-refractivity contribution in [3.63, 3.8) is 0 Å². The predicted octanol–water partition coefficient (Wildman–Crippen LogP) is 3.44. The maximum absolute atomic E-state index is 10.6. The molecule has 0 aliphatic carbocycles. The van der Waals surface area contributed by atoms with Crippen LogP contribution in [0.4, 0.5) is 0 Å². The second-order valence-electron chi connectivity index (χ2n) is 5.77. The molecule has 0 N–H and O–H groups in total. The molecule has 0 amide bonds. The average Bonchev–Trinajstić information content (AvgIpc) is 2.56. The topological polar surface area (TPSA) is 35.5 Å². The van der Waals surface area contributed by atoms with E-state index in [1.54, 1.807) is 12.1 Å². The monoisotopic (exact) mass is 260 g/mol. The summed E-state index contributed by atoms with van der Waals surface area (Å²) in [5.74, 6) is 0. The van der Waals surface area contributed by atoms with Crippen LogP contribution < -0.4 is 0 Å². The van der Waals surface area contributed by atoms with Crippen molar-refractivity contribution in [2.24, 2.45) is 0 Å². The molecule has 0 bridgehead atoms. The summed E-state index contributed by atoms with van der Waals surface area (Å²) in [5.41, 5.74) is 1.06. The van der Waals surface area contributed by atoms with Crippen molar-refractivity contribution < 1.29 is 14.3 Å². The molecule has 3 nitrogen and oxygen atoms in total. The summed E-state index contributed by atoms with van der Waals surface area (Å²) in [6, 6.07) is 7.37. The van der Waals surface area contributed by atoms with Crippen LogP contribution in [0.3, 0.4) is 0 Å². The van der Waals surface area contributed by atoms with Crippen LogP contribution in [0.25, 0.3) is 6.08 Å². The molecule has 1 heterocycles. The molecule has 0 radical (unpaired) electrons. The molecule has 1 aliphatic heterocycles. The van der Waals surface area contributed by atoms with Crippen LogP contribution in [-0.4, -0.2) is 23.8 Å². The van der Waals surface area contributed by atoms with E-state index in [2.05, 4.69) is 0 Å². The minimum absolute atomic E-state index is 0.316. The maximum Gasteiger partial charge on any atom is 0.178 e. The van der Waals surface area contributed by atoms with E-state index in [1.807, 2.05) is 52.0 Å². The lowest BCUT2D eigenvalue weighted by Crippen LogP contribution is -2.41. The number of benzene rings is 1. The molecule has 0 saturated carbocycles. The Morgan fingerprint density at radius 1 is 0.947 bits per heavy atom. The molecule has 19 heavy (non-hydrogen) atoms. The number of carbonyl (C=O) groups is 1. The zero-order valence-corrected chi connectivity index (χ0v) is 11.8. The Balaban J connectivity index is 2.06.